The van der Waals surface area contributed by atoms with E-state index in [1.165, 1.54) is 6.42 Å². The molecule has 2 unspecified atom stereocenters. The molecule has 0 spiro atoms. The average Bonchev–Trinajstić information content (AvgIpc) is 3.40. The summed E-state index contributed by atoms with van der Waals surface area (Å²) in [4.78, 5) is 9.38. The first-order chi connectivity index (χ1) is 15.1. The highest BCUT2D eigenvalue weighted by atomic mass is 19.3. The number of nitrogens with one attached hydrogen (secondary N) is 2. The molecular weight excluding hydrogens is 404 g/mol. The molecule has 0 aromatic heterocycles. The van der Waals surface area contributed by atoms with Gasteiger partial charge in [-0.2, -0.15) is 8.78 Å². The number of benzene rings is 1. The number of anilines is 1. The van der Waals surface area contributed by atoms with Crippen LogP contribution in [0.3, 0.4) is 0 Å². The minimum Gasteiger partial charge on any atom is -0.433 e. The maximum atomic E-state index is 12.7. The molecule has 1 aromatic carbocycles. The van der Waals surface area contributed by atoms with Crippen molar-refractivity contribution in [3.63, 3.8) is 0 Å². The summed E-state index contributed by atoms with van der Waals surface area (Å²) in [7, 11) is 1.74. The number of guanidine groups is 1. The van der Waals surface area contributed by atoms with Gasteiger partial charge in [-0.3, -0.25) is 9.89 Å². The van der Waals surface area contributed by atoms with Crippen LogP contribution in [-0.4, -0.2) is 82.5 Å². The lowest BCUT2D eigenvalue weighted by Gasteiger charge is -2.24. The predicted octanol–water partition coefficient (Wildman–Crippen LogP) is 2.53. The topological polar surface area (TPSA) is 61.4 Å². The molecule has 0 saturated carbocycles. The van der Waals surface area contributed by atoms with Crippen LogP contribution in [0.1, 0.15) is 26.2 Å². The molecule has 2 aliphatic heterocycles. The van der Waals surface area contributed by atoms with Gasteiger partial charge in [0.25, 0.3) is 0 Å². The Kier molecular flexibility index (Phi) is 9.14. The number of ether oxygens (including phenoxy) is 2. The number of nitrogens with zero attached hydrogens (tertiary/aromatic N) is 3. The Morgan fingerprint density at radius 1 is 1.26 bits per heavy atom. The molecule has 1 aromatic rings. The fourth-order valence-corrected chi connectivity index (χ4v) is 4.33. The molecule has 2 atom stereocenters. The third-order valence-electron chi connectivity index (χ3n) is 5.84. The van der Waals surface area contributed by atoms with Crippen LogP contribution in [0.2, 0.25) is 0 Å². The Morgan fingerprint density at radius 2 is 2.10 bits per heavy atom. The summed E-state index contributed by atoms with van der Waals surface area (Å²) < 4.78 is 35.4. The number of hydrogen-bond donors (Lipinski definition) is 2. The van der Waals surface area contributed by atoms with E-state index in [0.717, 1.165) is 58.1 Å². The summed E-state index contributed by atoms with van der Waals surface area (Å²) in [5.41, 5.74) is 0.703. The third-order valence-corrected chi connectivity index (χ3v) is 5.84. The van der Waals surface area contributed by atoms with Gasteiger partial charge < -0.3 is 25.0 Å². The molecule has 9 heteroatoms. The number of halogens is 2. The second kappa shape index (κ2) is 12.0. The standard InChI is InChI=1S/C22H35F2N5O2/c1-3-25-22(26-15-18-7-6-11-28(18)13-14-30-2)27-17-10-12-29(16-17)19-8-4-5-9-20(19)31-21(23)24/h4-5,8-9,17-18,21H,3,6-7,10-16H2,1-2H3,(H2,25,26,27). The van der Waals surface area contributed by atoms with E-state index < -0.39 is 6.61 Å². The van der Waals surface area contributed by atoms with E-state index in [1.807, 2.05) is 12.1 Å². The minimum absolute atomic E-state index is 0.186. The lowest BCUT2D eigenvalue weighted by molar-refractivity contribution is -0.0495. The van der Waals surface area contributed by atoms with Crippen molar-refractivity contribution < 1.29 is 18.3 Å². The Morgan fingerprint density at radius 3 is 2.87 bits per heavy atom. The van der Waals surface area contributed by atoms with E-state index in [4.69, 9.17) is 14.5 Å². The summed E-state index contributed by atoms with van der Waals surface area (Å²) in [6.07, 6.45) is 3.26. The van der Waals surface area contributed by atoms with Gasteiger partial charge in [0.05, 0.1) is 18.8 Å². The molecule has 0 radical (unpaired) electrons. The summed E-state index contributed by atoms with van der Waals surface area (Å²) in [6, 6.07) is 7.60. The fraction of sp³-hybridized carbons (Fsp3) is 0.682. The van der Waals surface area contributed by atoms with Crippen LogP contribution < -0.4 is 20.3 Å². The molecule has 7 nitrogen and oxygen atoms in total. The van der Waals surface area contributed by atoms with Gasteiger partial charge >= 0.3 is 6.61 Å². The normalized spacial score (nSPS) is 22.4. The monoisotopic (exact) mass is 439 g/mol. The lowest BCUT2D eigenvalue weighted by Crippen LogP contribution is -2.45. The highest BCUT2D eigenvalue weighted by Gasteiger charge is 2.27. The van der Waals surface area contributed by atoms with Crippen molar-refractivity contribution in [3.8, 4) is 5.75 Å². The van der Waals surface area contributed by atoms with Crippen LogP contribution in [0, 0.1) is 0 Å². The number of likely N-dealkylation sites (tertiary alicyclic amines) is 1. The second-order valence-corrected chi connectivity index (χ2v) is 7.97. The third kappa shape index (κ3) is 6.93. The van der Waals surface area contributed by atoms with Gasteiger partial charge in [0.15, 0.2) is 5.96 Å². The maximum Gasteiger partial charge on any atom is 0.387 e. The van der Waals surface area contributed by atoms with Crippen LogP contribution in [0.15, 0.2) is 29.3 Å². The van der Waals surface area contributed by atoms with Crippen molar-refractivity contribution in [2.24, 2.45) is 4.99 Å². The summed E-state index contributed by atoms with van der Waals surface area (Å²) in [5, 5.41) is 6.86. The van der Waals surface area contributed by atoms with Crippen molar-refractivity contribution >= 4 is 11.6 Å². The van der Waals surface area contributed by atoms with E-state index in [2.05, 4.69) is 27.4 Å². The zero-order valence-electron chi connectivity index (χ0n) is 18.5. The molecule has 2 N–H and O–H groups in total. The van der Waals surface area contributed by atoms with Crippen molar-refractivity contribution in [3.05, 3.63) is 24.3 Å². The number of methoxy groups -OCH3 is 1. The Labute approximate surface area is 183 Å². The number of para-hydroxylation sites is 2. The summed E-state index contributed by atoms with van der Waals surface area (Å²) in [6.45, 7) is 5.02. The number of rotatable bonds is 10. The van der Waals surface area contributed by atoms with Crippen molar-refractivity contribution in [2.75, 3.05) is 57.9 Å². The first kappa shape index (κ1) is 23.5. The highest BCUT2D eigenvalue weighted by Crippen LogP contribution is 2.31. The largest absolute Gasteiger partial charge is 0.433 e. The number of hydrogen-bond acceptors (Lipinski definition) is 5. The smallest absolute Gasteiger partial charge is 0.387 e. The van der Waals surface area contributed by atoms with E-state index >= 15 is 0 Å². The molecule has 31 heavy (non-hydrogen) atoms. The number of aliphatic imine (C=N–C) groups is 1. The number of alkyl halides is 2. The molecule has 0 amide bonds. The molecule has 2 heterocycles. The van der Waals surface area contributed by atoms with Gasteiger partial charge in [-0.15, -0.1) is 0 Å². The van der Waals surface area contributed by atoms with Crippen molar-refractivity contribution in [1.29, 1.82) is 0 Å². The van der Waals surface area contributed by atoms with Gasteiger partial charge in [-0.05, 0) is 44.9 Å². The highest BCUT2D eigenvalue weighted by molar-refractivity contribution is 5.80. The molecule has 3 rings (SSSR count). The van der Waals surface area contributed by atoms with Crippen LogP contribution in [-0.2, 0) is 4.74 Å². The van der Waals surface area contributed by atoms with E-state index in [0.29, 0.717) is 18.3 Å². The van der Waals surface area contributed by atoms with Crippen LogP contribution >= 0.6 is 0 Å². The molecular formula is C22H35F2N5O2. The molecule has 2 aliphatic rings. The molecule has 0 bridgehead atoms. The quantitative estimate of drug-likeness (QED) is 0.432. The Balaban J connectivity index is 1.57. The van der Waals surface area contributed by atoms with Gasteiger partial charge in [0.2, 0.25) is 0 Å². The van der Waals surface area contributed by atoms with Gasteiger partial charge in [0, 0.05) is 45.4 Å². The van der Waals surface area contributed by atoms with Gasteiger partial charge in [-0.25, -0.2) is 0 Å². The molecule has 2 fully saturated rings. The minimum atomic E-state index is -2.83. The molecule has 174 valence electrons. The first-order valence-corrected chi connectivity index (χ1v) is 11.2. The summed E-state index contributed by atoms with van der Waals surface area (Å²) >= 11 is 0. The van der Waals surface area contributed by atoms with Gasteiger partial charge in [-0.1, -0.05) is 12.1 Å². The summed E-state index contributed by atoms with van der Waals surface area (Å²) in [5.74, 6) is 1.03. The van der Waals surface area contributed by atoms with Crippen molar-refractivity contribution in [2.45, 2.75) is 44.9 Å². The first-order valence-electron chi connectivity index (χ1n) is 11.2. The van der Waals surface area contributed by atoms with Crippen molar-refractivity contribution in [1.82, 2.24) is 15.5 Å². The SMILES string of the molecule is CCNC(=NCC1CCCN1CCOC)NC1CCN(c2ccccc2OC(F)F)C1. The molecule has 2 saturated heterocycles. The van der Waals surface area contributed by atoms with E-state index in [-0.39, 0.29) is 11.8 Å². The fourth-order valence-electron chi connectivity index (χ4n) is 4.33. The zero-order chi connectivity index (χ0) is 22.1. The van der Waals surface area contributed by atoms with Crippen LogP contribution in [0.25, 0.3) is 0 Å². The molecule has 0 aliphatic carbocycles. The van der Waals surface area contributed by atoms with Crippen LogP contribution in [0.4, 0.5) is 14.5 Å². The predicted molar refractivity (Wildman–Crippen MR) is 119 cm³/mol. The van der Waals surface area contributed by atoms with E-state index in [1.54, 1.807) is 19.2 Å². The zero-order valence-corrected chi connectivity index (χ0v) is 18.5. The Bertz CT molecular complexity index is 706. The lowest BCUT2D eigenvalue weighted by atomic mass is 10.2. The van der Waals surface area contributed by atoms with Crippen LogP contribution in [0.5, 0.6) is 5.75 Å². The second-order valence-electron chi connectivity index (χ2n) is 7.97. The van der Waals surface area contributed by atoms with Gasteiger partial charge in [0.1, 0.15) is 5.75 Å². The Hall–Kier alpha value is -2.13. The van der Waals surface area contributed by atoms with E-state index in [9.17, 15) is 8.78 Å². The average molecular weight is 440 g/mol. The maximum absolute atomic E-state index is 12.7.